The molecule has 4 heteroatoms. The highest BCUT2D eigenvalue weighted by atomic mass is 16.5. The molecule has 1 aromatic carbocycles. The number of ether oxygens (including phenoxy) is 1. The van der Waals surface area contributed by atoms with Gasteiger partial charge in [-0.25, -0.2) is 0 Å². The largest absolute Gasteiger partial charge is 0.469 e. The number of esters is 1. The molecule has 3 spiro atoms. The van der Waals surface area contributed by atoms with Gasteiger partial charge < -0.3 is 14.5 Å². The molecular weight excluding hydrogens is 324 g/mol. The molecule has 3 aliphatic heterocycles. The van der Waals surface area contributed by atoms with Crippen LogP contribution >= 0.6 is 0 Å². The predicted molar refractivity (Wildman–Crippen MR) is 99.8 cm³/mol. The molecular formula is C22H29N2O2+. The molecule has 4 nitrogen and oxygen atoms in total. The van der Waals surface area contributed by atoms with Gasteiger partial charge in [-0.05, 0) is 36.8 Å². The Morgan fingerprint density at radius 2 is 2.08 bits per heavy atom. The number of para-hydroxylation sites is 1. The first-order valence-electron chi connectivity index (χ1n) is 10.3. The normalized spacial score (nSPS) is 52.2. The van der Waals surface area contributed by atoms with Gasteiger partial charge in [0.1, 0.15) is 6.04 Å². The van der Waals surface area contributed by atoms with Crippen molar-refractivity contribution in [3.8, 4) is 0 Å². The van der Waals surface area contributed by atoms with Crippen LogP contribution < -0.4 is 5.32 Å². The number of anilines is 1. The zero-order valence-corrected chi connectivity index (χ0v) is 16.0. The Bertz CT molecular complexity index is 839. The molecule has 0 aromatic heterocycles. The number of carbonyl (C=O) groups is 1. The molecule has 3 heterocycles. The summed E-state index contributed by atoms with van der Waals surface area (Å²) in [6.45, 7) is 4.98. The molecule has 2 saturated carbocycles. The van der Waals surface area contributed by atoms with E-state index in [4.69, 9.17) is 4.74 Å². The van der Waals surface area contributed by atoms with E-state index in [9.17, 15) is 4.79 Å². The number of methoxy groups -OCH3 is 1. The van der Waals surface area contributed by atoms with Gasteiger partial charge in [0.2, 0.25) is 0 Å². The van der Waals surface area contributed by atoms with E-state index in [2.05, 4.69) is 43.6 Å². The highest BCUT2D eigenvalue weighted by molar-refractivity contribution is 5.82. The van der Waals surface area contributed by atoms with Gasteiger partial charge in [-0.3, -0.25) is 4.79 Å². The van der Waals surface area contributed by atoms with Gasteiger partial charge in [-0.2, -0.15) is 0 Å². The standard InChI is InChI=1S/C22H29N2O2/c1-14-20-9-6-11-24(2)12-10-21(19(20)24)15-7-4-5-8-17(15)23-22(14,21)16(13-20)18(25)26-3/h4-5,7-8,14,16,19,23H,6,9-13H2,1-3H3/q+1/t14?,16?,19?,20?,21?,22-,24?/m0/s1. The van der Waals surface area contributed by atoms with E-state index >= 15 is 0 Å². The lowest BCUT2D eigenvalue weighted by Crippen LogP contribution is -2.67. The van der Waals surface area contributed by atoms with Crippen LogP contribution in [0, 0.1) is 17.3 Å². The predicted octanol–water partition coefficient (Wildman–Crippen LogP) is 2.93. The minimum atomic E-state index is -0.172. The second kappa shape index (κ2) is 4.30. The van der Waals surface area contributed by atoms with Crippen LogP contribution in [0.3, 0.4) is 0 Å². The van der Waals surface area contributed by atoms with Gasteiger partial charge in [-0.15, -0.1) is 0 Å². The molecule has 1 aromatic rings. The first kappa shape index (κ1) is 15.5. The fraction of sp³-hybridized carbons (Fsp3) is 0.682. The number of nitrogens with one attached hydrogen (secondary N) is 1. The van der Waals surface area contributed by atoms with E-state index in [1.54, 1.807) is 7.11 Å². The van der Waals surface area contributed by atoms with Crippen LogP contribution in [0.5, 0.6) is 0 Å². The topological polar surface area (TPSA) is 38.3 Å². The van der Waals surface area contributed by atoms with Crippen molar-refractivity contribution in [2.45, 2.75) is 49.6 Å². The fourth-order valence-electron chi connectivity index (χ4n) is 9.19. The van der Waals surface area contributed by atoms with Crippen LogP contribution in [0.4, 0.5) is 5.69 Å². The summed E-state index contributed by atoms with van der Waals surface area (Å²) in [4.78, 5) is 13.0. The number of carbonyl (C=O) groups excluding carboxylic acids is 1. The third kappa shape index (κ3) is 1.24. The van der Waals surface area contributed by atoms with Crippen LogP contribution in [0.2, 0.25) is 0 Å². The summed E-state index contributed by atoms with van der Waals surface area (Å²) in [5.74, 6) is 0.462. The van der Waals surface area contributed by atoms with Crippen molar-refractivity contribution < 1.29 is 14.0 Å². The molecule has 2 saturated heterocycles. The number of nitrogens with zero attached hydrogens (tertiary/aromatic N) is 1. The molecule has 2 bridgehead atoms. The van der Waals surface area contributed by atoms with Gasteiger partial charge in [0, 0.05) is 17.5 Å². The van der Waals surface area contributed by atoms with Crippen LogP contribution in [0.25, 0.3) is 0 Å². The second-order valence-electron chi connectivity index (χ2n) is 9.93. The molecule has 1 N–H and O–H groups in total. The number of hydrogen-bond acceptors (Lipinski definition) is 3. The highest BCUT2D eigenvalue weighted by Gasteiger charge is 2.89. The maximum absolute atomic E-state index is 13.0. The number of likely N-dealkylation sites (N-methyl/N-ethyl adjacent to an activating group) is 1. The fourth-order valence-corrected chi connectivity index (χ4v) is 9.19. The van der Waals surface area contributed by atoms with Crippen molar-refractivity contribution in [3.05, 3.63) is 29.8 Å². The van der Waals surface area contributed by atoms with E-state index < -0.39 is 0 Å². The number of rotatable bonds is 1. The van der Waals surface area contributed by atoms with Gasteiger partial charge in [0.05, 0.1) is 44.1 Å². The van der Waals surface area contributed by atoms with Crippen LogP contribution in [-0.2, 0) is 14.9 Å². The zero-order chi connectivity index (χ0) is 17.9. The lowest BCUT2D eigenvalue weighted by atomic mass is 9.56. The Hall–Kier alpha value is -1.55. The van der Waals surface area contributed by atoms with E-state index in [0.717, 1.165) is 6.42 Å². The smallest absolute Gasteiger partial charge is 0.311 e. The van der Waals surface area contributed by atoms with Gasteiger partial charge in [0.15, 0.2) is 0 Å². The molecule has 26 heavy (non-hydrogen) atoms. The Morgan fingerprint density at radius 3 is 2.88 bits per heavy atom. The van der Waals surface area contributed by atoms with Crippen molar-refractivity contribution in [3.63, 3.8) is 0 Å². The number of quaternary nitrogens is 1. The van der Waals surface area contributed by atoms with Crippen molar-refractivity contribution in [1.82, 2.24) is 0 Å². The van der Waals surface area contributed by atoms with Gasteiger partial charge in [-0.1, -0.05) is 25.1 Å². The molecule has 2 aliphatic carbocycles. The first-order chi connectivity index (χ1) is 12.5. The molecule has 4 fully saturated rings. The van der Waals surface area contributed by atoms with Crippen molar-refractivity contribution in [2.75, 3.05) is 32.6 Å². The van der Waals surface area contributed by atoms with Gasteiger partial charge in [0.25, 0.3) is 0 Å². The van der Waals surface area contributed by atoms with Crippen molar-refractivity contribution in [1.29, 1.82) is 0 Å². The van der Waals surface area contributed by atoms with E-state index in [0.29, 0.717) is 12.0 Å². The Balaban J connectivity index is 1.69. The second-order valence-corrected chi connectivity index (χ2v) is 9.93. The SMILES string of the molecule is COC(=O)C1CC23CCC[N+]4(C)CCC5(c6ccccc6N[C@@]15C2C)C34. The quantitative estimate of drug-likeness (QED) is 0.623. The maximum atomic E-state index is 13.0. The average Bonchev–Trinajstić information content (AvgIpc) is 3.27. The summed E-state index contributed by atoms with van der Waals surface area (Å²) in [5, 5.41) is 3.99. The highest BCUT2D eigenvalue weighted by Crippen LogP contribution is 2.80. The third-order valence-electron chi connectivity index (χ3n) is 9.62. The molecule has 7 atom stereocenters. The van der Waals surface area contributed by atoms with E-state index in [-0.39, 0.29) is 28.3 Å². The molecule has 138 valence electrons. The van der Waals surface area contributed by atoms with Gasteiger partial charge >= 0.3 is 5.97 Å². The maximum Gasteiger partial charge on any atom is 0.311 e. The monoisotopic (exact) mass is 353 g/mol. The minimum Gasteiger partial charge on any atom is -0.469 e. The summed E-state index contributed by atoms with van der Waals surface area (Å²) in [5.41, 5.74) is 2.92. The zero-order valence-electron chi connectivity index (χ0n) is 16.0. The van der Waals surface area contributed by atoms with Crippen LogP contribution in [-0.4, -0.2) is 49.3 Å². The minimum absolute atomic E-state index is 0.00136. The summed E-state index contributed by atoms with van der Waals surface area (Å²) in [6.07, 6.45) is 4.76. The number of fused-ring (bicyclic) bond motifs is 1. The van der Waals surface area contributed by atoms with Crippen LogP contribution in [0.1, 0.15) is 38.2 Å². The van der Waals surface area contributed by atoms with Crippen molar-refractivity contribution >= 4 is 11.7 Å². The lowest BCUT2D eigenvalue weighted by Gasteiger charge is -2.54. The molecule has 6 unspecified atom stereocenters. The number of hydrogen-bond donors (Lipinski definition) is 1. The van der Waals surface area contributed by atoms with E-state index in [1.165, 1.54) is 48.1 Å². The first-order valence-corrected chi connectivity index (χ1v) is 10.3. The van der Waals surface area contributed by atoms with Crippen molar-refractivity contribution in [2.24, 2.45) is 17.3 Å². The van der Waals surface area contributed by atoms with E-state index in [1.807, 2.05) is 0 Å². The lowest BCUT2D eigenvalue weighted by molar-refractivity contribution is -0.936. The molecule has 5 aliphatic rings. The summed E-state index contributed by atoms with van der Waals surface area (Å²) in [6, 6.07) is 9.52. The summed E-state index contributed by atoms with van der Waals surface area (Å²) >= 11 is 0. The van der Waals surface area contributed by atoms with Crippen LogP contribution in [0.15, 0.2) is 24.3 Å². The Morgan fingerprint density at radius 1 is 1.27 bits per heavy atom. The summed E-state index contributed by atoms with van der Waals surface area (Å²) < 4.78 is 6.56. The molecule has 0 amide bonds. The molecule has 6 rings (SSSR count). The third-order valence-corrected chi connectivity index (χ3v) is 9.62. The molecule has 0 radical (unpaired) electrons. The number of benzene rings is 1. The summed E-state index contributed by atoms with van der Waals surface area (Å²) in [7, 11) is 4.06. The average molecular weight is 353 g/mol. The Kier molecular flexibility index (Phi) is 2.56. The number of piperidine rings is 1. The Labute approximate surface area is 155 Å².